The number of hydrogen-bond acceptors (Lipinski definition) is 6. The maximum absolute atomic E-state index is 11.9. The van der Waals surface area contributed by atoms with E-state index >= 15 is 0 Å². The molecular weight excluding hydrogens is 376 g/mol. The lowest BCUT2D eigenvalue weighted by Gasteiger charge is -2.09. The molecule has 0 aliphatic heterocycles. The normalized spacial score (nSPS) is 10.0. The van der Waals surface area contributed by atoms with Crippen molar-refractivity contribution in [1.82, 2.24) is 5.32 Å². The molecule has 2 amide bonds. The lowest BCUT2D eigenvalue weighted by atomic mass is 10.2. The standard InChI is InChI=1S/C21H24N2O6/c1-3-27-18-8-10-19(11-9-18)28-13-12-22-20(25)14-29-21(26)16-4-6-17(7-5-16)23-15(2)24/h4-11H,3,12-14H2,1-2H3,(H,22,25)(H,23,24). The molecule has 0 bridgehead atoms. The van der Waals surface area contributed by atoms with E-state index in [4.69, 9.17) is 14.2 Å². The fourth-order valence-electron chi connectivity index (χ4n) is 2.32. The molecule has 0 heterocycles. The number of benzene rings is 2. The van der Waals surface area contributed by atoms with Crippen LogP contribution in [0.3, 0.4) is 0 Å². The summed E-state index contributed by atoms with van der Waals surface area (Å²) in [4.78, 5) is 34.7. The number of amides is 2. The van der Waals surface area contributed by atoms with Crippen molar-refractivity contribution in [2.24, 2.45) is 0 Å². The van der Waals surface area contributed by atoms with E-state index in [0.29, 0.717) is 18.0 Å². The summed E-state index contributed by atoms with van der Waals surface area (Å²) in [5.74, 6) is 0.170. The largest absolute Gasteiger partial charge is 0.494 e. The lowest BCUT2D eigenvalue weighted by Crippen LogP contribution is -2.32. The lowest BCUT2D eigenvalue weighted by molar-refractivity contribution is -0.124. The maximum Gasteiger partial charge on any atom is 0.338 e. The molecule has 0 aliphatic carbocycles. The van der Waals surface area contributed by atoms with E-state index in [2.05, 4.69) is 10.6 Å². The Labute approximate surface area is 169 Å². The minimum Gasteiger partial charge on any atom is -0.494 e. The number of nitrogens with one attached hydrogen (secondary N) is 2. The third kappa shape index (κ3) is 7.92. The van der Waals surface area contributed by atoms with Crippen LogP contribution in [0.25, 0.3) is 0 Å². The molecule has 0 unspecified atom stereocenters. The zero-order valence-corrected chi connectivity index (χ0v) is 16.4. The van der Waals surface area contributed by atoms with Gasteiger partial charge in [-0.1, -0.05) is 0 Å². The van der Waals surface area contributed by atoms with Gasteiger partial charge in [0.25, 0.3) is 5.91 Å². The number of carbonyl (C=O) groups excluding carboxylic acids is 3. The van der Waals surface area contributed by atoms with Crippen LogP contribution in [0.2, 0.25) is 0 Å². The van der Waals surface area contributed by atoms with Crippen LogP contribution >= 0.6 is 0 Å². The second-order valence-corrected chi connectivity index (χ2v) is 5.94. The predicted molar refractivity (Wildman–Crippen MR) is 107 cm³/mol. The molecule has 154 valence electrons. The topological polar surface area (TPSA) is 103 Å². The third-order valence-electron chi connectivity index (χ3n) is 3.60. The number of rotatable bonds is 10. The Morgan fingerprint density at radius 2 is 1.52 bits per heavy atom. The van der Waals surface area contributed by atoms with E-state index < -0.39 is 18.5 Å². The van der Waals surface area contributed by atoms with Gasteiger partial charge >= 0.3 is 5.97 Å². The smallest absolute Gasteiger partial charge is 0.338 e. The third-order valence-corrected chi connectivity index (χ3v) is 3.60. The van der Waals surface area contributed by atoms with Gasteiger partial charge in [0, 0.05) is 12.6 Å². The molecular formula is C21H24N2O6. The summed E-state index contributed by atoms with van der Waals surface area (Å²) in [6, 6.07) is 13.4. The van der Waals surface area contributed by atoms with Crippen molar-refractivity contribution in [3.05, 3.63) is 54.1 Å². The molecule has 2 aromatic rings. The average Bonchev–Trinajstić information content (AvgIpc) is 2.71. The monoisotopic (exact) mass is 400 g/mol. The van der Waals surface area contributed by atoms with E-state index in [1.807, 2.05) is 6.92 Å². The van der Waals surface area contributed by atoms with Crippen LogP contribution in [0.4, 0.5) is 5.69 Å². The summed E-state index contributed by atoms with van der Waals surface area (Å²) in [7, 11) is 0. The van der Waals surface area contributed by atoms with E-state index in [1.54, 1.807) is 36.4 Å². The van der Waals surface area contributed by atoms with Crippen LogP contribution in [0.5, 0.6) is 11.5 Å². The Hall–Kier alpha value is -3.55. The van der Waals surface area contributed by atoms with Gasteiger partial charge in [-0.3, -0.25) is 9.59 Å². The first-order valence-electron chi connectivity index (χ1n) is 9.15. The molecule has 2 aromatic carbocycles. The van der Waals surface area contributed by atoms with Crippen molar-refractivity contribution in [3.63, 3.8) is 0 Å². The van der Waals surface area contributed by atoms with E-state index in [9.17, 15) is 14.4 Å². The van der Waals surface area contributed by atoms with Gasteiger partial charge in [0.05, 0.1) is 18.7 Å². The van der Waals surface area contributed by atoms with E-state index in [1.165, 1.54) is 19.1 Å². The van der Waals surface area contributed by atoms with Crippen molar-refractivity contribution < 1.29 is 28.6 Å². The fraction of sp³-hybridized carbons (Fsp3) is 0.286. The zero-order chi connectivity index (χ0) is 21.1. The molecule has 29 heavy (non-hydrogen) atoms. The van der Waals surface area contributed by atoms with Gasteiger partial charge in [0.2, 0.25) is 5.91 Å². The van der Waals surface area contributed by atoms with Crippen LogP contribution in [0.15, 0.2) is 48.5 Å². The van der Waals surface area contributed by atoms with Gasteiger partial charge in [0.15, 0.2) is 6.61 Å². The summed E-state index contributed by atoms with van der Waals surface area (Å²) in [6.07, 6.45) is 0. The van der Waals surface area contributed by atoms with E-state index in [0.717, 1.165) is 5.75 Å². The van der Waals surface area contributed by atoms with Crippen LogP contribution in [0.1, 0.15) is 24.2 Å². The fourth-order valence-corrected chi connectivity index (χ4v) is 2.32. The minimum atomic E-state index is -0.625. The Balaban J connectivity index is 1.64. The molecule has 2 rings (SSSR count). The highest BCUT2D eigenvalue weighted by Gasteiger charge is 2.10. The summed E-state index contributed by atoms with van der Waals surface area (Å²) in [5.41, 5.74) is 0.852. The molecule has 0 saturated carbocycles. The van der Waals surface area contributed by atoms with Crippen molar-refractivity contribution in [2.75, 3.05) is 31.7 Å². The molecule has 8 heteroatoms. The van der Waals surface area contributed by atoms with Crippen molar-refractivity contribution in [2.45, 2.75) is 13.8 Å². The molecule has 0 saturated heterocycles. The van der Waals surface area contributed by atoms with Crippen LogP contribution in [-0.4, -0.2) is 44.1 Å². The van der Waals surface area contributed by atoms with Gasteiger partial charge in [-0.2, -0.15) is 0 Å². The number of esters is 1. The highest BCUT2D eigenvalue weighted by atomic mass is 16.5. The Morgan fingerprint density at radius 3 is 2.10 bits per heavy atom. The summed E-state index contributed by atoms with van der Waals surface area (Å²) >= 11 is 0. The number of carbonyl (C=O) groups is 3. The van der Waals surface area contributed by atoms with Gasteiger partial charge in [-0.15, -0.1) is 0 Å². The molecule has 0 atom stereocenters. The van der Waals surface area contributed by atoms with Gasteiger partial charge < -0.3 is 24.8 Å². The van der Waals surface area contributed by atoms with Crippen LogP contribution in [0, 0.1) is 0 Å². The highest BCUT2D eigenvalue weighted by molar-refractivity contribution is 5.93. The molecule has 8 nitrogen and oxygen atoms in total. The van der Waals surface area contributed by atoms with E-state index in [-0.39, 0.29) is 24.6 Å². The molecule has 0 radical (unpaired) electrons. The van der Waals surface area contributed by atoms with Crippen LogP contribution in [-0.2, 0) is 14.3 Å². The Kier molecular flexibility index (Phi) is 8.50. The van der Waals surface area contributed by atoms with Crippen molar-refractivity contribution in [3.8, 4) is 11.5 Å². The maximum atomic E-state index is 11.9. The van der Waals surface area contributed by atoms with Gasteiger partial charge in [-0.25, -0.2) is 4.79 Å². The molecule has 0 aromatic heterocycles. The predicted octanol–water partition coefficient (Wildman–Crippen LogP) is 2.40. The second-order valence-electron chi connectivity index (χ2n) is 5.94. The molecule has 2 N–H and O–H groups in total. The minimum absolute atomic E-state index is 0.205. The van der Waals surface area contributed by atoms with Crippen molar-refractivity contribution in [1.29, 1.82) is 0 Å². The first kappa shape index (κ1) is 21.7. The number of anilines is 1. The van der Waals surface area contributed by atoms with Gasteiger partial charge in [0.1, 0.15) is 18.1 Å². The SMILES string of the molecule is CCOc1ccc(OCCNC(=O)COC(=O)c2ccc(NC(C)=O)cc2)cc1. The van der Waals surface area contributed by atoms with Gasteiger partial charge in [-0.05, 0) is 55.5 Å². The number of hydrogen-bond donors (Lipinski definition) is 2. The van der Waals surface area contributed by atoms with Crippen LogP contribution < -0.4 is 20.1 Å². The number of ether oxygens (including phenoxy) is 3. The molecule has 0 spiro atoms. The second kappa shape index (κ2) is 11.3. The zero-order valence-electron chi connectivity index (χ0n) is 16.4. The quantitative estimate of drug-likeness (QED) is 0.469. The summed E-state index contributed by atoms with van der Waals surface area (Å²) in [5, 5.41) is 5.21. The average molecular weight is 400 g/mol. The first-order valence-corrected chi connectivity index (χ1v) is 9.15. The summed E-state index contributed by atoms with van der Waals surface area (Å²) in [6.45, 7) is 4.06. The summed E-state index contributed by atoms with van der Waals surface area (Å²) < 4.78 is 15.8. The Bertz CT molecular complexity index is 818. The van der Waals surface area contributed by atoms with Crippen molar-refractivity contribution >= 4 is 23.5 Å². The first-order chi connectivity index (χ1) is 14.0. The highest BCUT2D eigenvalue weighted by Crippen LogP contribution is 2.17. The molecule has 0 aliphatic rings. The Morgan fingerprint density at radius 1 is 0.897 bits per heavy atom. The molecule has 0 fully saturated rings.